The van der Waals surface area contributed by atoms with Crippen LogP contribution in [0.2, 0.25) is 0 Å². The van der Waals surface area contributed by atoms with Gasteiger partial charge in [0.25, 0.3) is 5.91 Å². The Hall–Kier alpha value is -3.91. The fourth-order valence-corrected chi connectivity index (χ4v) is 6.14. The quantitative estimate of drug-likeness (QED) is 0.190. The van der Waals surface area contributed by atoms with Crippen molar-refractivity contribution in [3.63, 3.8) is 0 Å². The van der Waals surface area contributed by atoms with Crippen LogP contribution in [-0.2, 0) is 4.79 Å². The van der Waals surface area contributed by atoms with Crippen molar-refractivity contribution in [2.45, 2.75) is 51.7 Å². The lowest BCUT2D eigenvalue weighted by Crippen LogP contribution is -2.55. The lowest BCUT2D eigenvalue weighted by atomic mass is 10.1. The van der Waals surface area contributed by atoms with E-state index >= 15 is 0 Å². The molecule has 2 heterocycles. The summed E-state index contributed by atoms with van der Waals surface area (Å²) in [6, 6.07) is 24.3. The van der Waals surface area contributed by atoms with Crippen LogP contribution < -0.4 is 0 Å². The van der Waals surface area contributed by atoms with Gasteiger partial charge in [0.15, 0.2) is 11.0 Å². The Morgan fingerprint density at radius 3 is 2.41 bits per heavy atom. The summed E-state index contributed by atoms with van der Waals surface area (Å²) in [4.78, 5) is 30.0. The van der Waals surface area contributed by atoms with E-state index in [2.05, 4.69) is 71.1 Å². The van der Waals surface area contributed by atoms with E-state index in [1.54, 1.807) is 11.8 Å². The normalized spacial score (nSPS) is 15.3. The summed E-state index contributed by atoms with van der Waals surface area (Å²) in [7, 11) is 0. The highest BCUT2D eigenvalue weighted by molar-refractivity contribution is 7.99. The topological polar surface area (TPSA) is 71.3 Å². The highest BCUT2D eigenvalue weighted by atomic mass is 32.2. The molecule has 8 heteroatoms. The minimum atomic E-state index is -0.0257. The molecule has 1 aromatic heterocycles. The van der Waals surface area contributed by atoms with E-state index in [1.165, 1.54) is 11.1 Å². The Kier molecular flexibility index (Phi) is 8.88. The highest BCUT2D eigenvalue weighted by Crippen LogP contribution is 2.29. The van der Waals surface area contributed by atoms with Crippen molar-refractivity contribution >= 4 is 23.6 Å². The predicted molar refractivity (Wildman–Crippen MR) is 164 cm³/mol. The second-order valence-corrected chi connectivity index (χ2v) is 11.9. The van der Waals surface area contributed by atoms with E-state index in [0.717, 1.165) is 45.5 Å². The molecule has 0 N–H and O–H groups in total. The minimum Gasteiger partial charge on any atom is -0.339 e. The molecule has 0 radical (unpaired) electrons. The van der Waals surface area contributed by atoms with E-state index in [4.69, 9.17) is 0 Å². The van der Waals surface area contributed by atoms with Crippen LogP contribution in [0.25, 0.3) is 17.1 Å². The monoisotopic (exact) mass is 567 g/mol. The lowest BCUT2D eigenvalue weighted by molar-refractivity contribution is -0.133. The molecule has 3 aromatic carbocycles. The van der Waals surface area contributed by atoms with Crippen LogP contribution in [0.3, 0.4) is 0 Å². The molecule has 7 nitrogen and oxygen atoms in total. The number of benzene rings is 3. The third-order valence-electron chi connectivity index (χ3n) is 7.59. The molecule has 0 bridgehead atoms. The van der Waals surface area contributed by atoms with Crippen LogP contribution in [0, 0.1) is 20.8 Å². The van der Waals surface area contributed by atoms with Gasteiger partial charge in [0.2, 0.25) is 5.91 Å². The first kappa shape index (κ1) is 28.6. The number of rotatable bonds is 8. The van der Waals surface area contributed by atoms with E-state index in [1.807, 2.05) is 54.0 Å². The molecule has 0 aliphatic carbocycles. The first-order valence-electron chi connectivity index (χ1n) is 14.2. The zero-order chi connectivity index (χ0) is 28.9. The number of aromatic nitrogens is 3. The van der Waals surface area contributed by atoms with Crippen LogP contribution in [0.5, 0.6) is 0 Å². The summed E-state index contributed by atoms with van der Waals surface area (Å²) in [6.45, 7) is 9.81. The van der Waals surface area contributed by atoms with Gasteiger partial charge in [-0.25, -0.2) is 0 Å². The molecule has 0 saturated carbocycles. The standard InChI is InChI=1S/C33H37N5O2S/c1-23-14-16-27(17-15-23)31-34-35-33(38(31)28-11-7-9-24(2)21-28)41-20-8-13-30(39)36-18-19-37(26(4)22-36)32(40)29-12-6-5-10-25(29)3/h5-7,9-12,14-17,21,26H,8,13,18-20,22H2,1-4H3. The number of carbonyl (C=O) groups is 2. The van der Waals surface area contributed by atoms with Gasteiger partial charge in [-0.3, -0.25) is 14.2 Å². The molecule has 0 spiro atoms. The van der Waals surface area contributed by atoms with Gasteiger partial charge in [0.1, 0.15) is 0 Å². The number of aryl methyl sites for hydroxylation is 3. The van der Waals surface area contributed by atoms with E-state index in [9.17, 15) is 9.59 Å². The third kappa shape index (κ3) is 6.54. The first-order valence-corrected chi connectivity index (χ1v) is 15.2. The maximum absolute atomic E-state index is 13.1. The second-order valence-electron chi connectivity index (χ2n) is 10.8. The van der Waals surface area contributed by atoms with Crippen LogP contribution in [0.1, 0.15) is 46.8 Å². The van der Waals surface area contributed by atoms with Gasteiger partial charge in [0.05, 0.1) is 0 Å². The van der Waals surface area contributed by atoms with Crippen molar-refractivity contribution in [3.05, 3.63) is 95.1 Å². The molecule has 2 amide bonds. The maximum Gasteiger partial charge on any atom is 0.254 e. The van der Waals surface area contributed by atoms with Gasteiger partial charge in [-0.2, -0.15) is 0 Å². The van der Waals surface area contributed by atoms with Gasteiger partial charge < -0.3 is 9.80 Å². The molecule has 5 rings (SSSR count). The molecular formula is C33H37N5O2S. The number of piperazine rings is 1. The Morgan fingerprint density at radius 2 is 1.68 bits per heavy atom. The Balaban J connectivity index is 1.19. The fraction of sp³-hybridized carbons (Fsp3) is 0.333. The average molecular weight is 568 g/mol. The SMILES string of the molecule is Cc1ccc(-c2nnc(SCCCC(=O)N3CCN(C(=O)c4ccccc4C)C(C)C3)n2-c2cccc(C)c2)cc1. The number of carbonyl (C=O) groups excluding carboxylic acids is 2. The smallest absolute Gasteiger partial charge is 0.254 e. The van der Waals surface area contributed by atoms with E-state index in [0.29, 0.717) is 26.1 Å². The van der Waals surface area contributed by atoms with Crippen molar-refractivity contribution < 1.29 is 9.59 Å². The number of amides is 2. The molecule has 41 heavy (non-hydrogen) atoms. The highest BCUT2D eigenvalue weighted by Gasteiger charge is 2.30. The predicted octanol–water partition coefficient (Wildman–Crippen LogP) is 6.10. The molecule has 1 aliphatic rings. The maximum atomic E-state index is 13.1. The third-order valence-corrected chi connectivity index (χ3v) is 8.60. The minimum absolute atomic E-state index is 0.0257. The number of thioether (sulfide) groups is 1. The number of hydrogen-bond acceptors (Lipinski definition) is 5. The zero-order valence-electron chi connectivity index (χ0n) is 24.2. The zero-order valence-corrected chi connectivity index (χ0v) is 25.0. The van der Waals surface area contributed by atoms with Crippen molar-refractivity contribution in [1.29, 1.82) is 0 Å². The Labute approximate surface area is 246 Å². The molecule has 212 valence electrons. The van der Waals surface area contributed by atoms with Crippen molar-refractivity contribution in [2.24, 2.45) is 0 Å². The van der Waals surface area contributed by atoms with Crippen molar-refractivity contribution in [1.82, 2.24) is 24.6 Å². The average Bonchev–Trinajstić information content (AvgIpc) is 3.39. The van der Waals surface area contributed by atoms with E-state index in [-0.39, 0.29) is 17.9 Å². The van der Waals surface area contributed by atoms with Gasteiger partial charge >= 0.3 is 0 Å². The molecule has 1 saturated heterocycles. The van der Waals surface area contributed by atoms with Crippen LogP contribution in [0.15, 0.2) is 78.0 Å². The molecule has 1 atom stereocenters. The molecule has 1 unspecified atom stereocenters. The second kappa shape index (κ2) is 12.7. The molecule has 1 fully saturated rings. The van der Waals surface area contributed by atoms with Gasteiger partial charge in [0, 0.05) is 54.7 Å². The summed E-state index contributed by atoms with van der Waals surface area (Å²) in [5.74, 6) is 1.74. The summed E-state index contributed by atoms with van der Waals surface area (Å²) >= 11 is 1.62. The summed E-state index contributed by atoms with van der Waals surface area (Å²) in [5.41, 5.74) is 6.12. The summed E-state index contributed by atoms with van der Waals surface area (Å²) in [6.07, 6.45) is 1.20. The largest absolute Gasteiger partial charge is 0.339 e. The van der Waals surface area contributed by atoms with Gasteiger partial charge in [-0.05, 0) is 63.4 Å². The fourth-order valence-electron chi connectivity index (χ4n) is 5.25. The summed E-state index contributed by atoms with van der Waals surface area (Å²) < 4.78 is 2.11. The molecule has 1 aliphatic heterocycles. The van der Waals surface area contributed by atoms with E-state index < -0.39 is 0 Å². The van der Waals surface area contributed by atoms with Gasteiger partial charge in [-0.1, -0.05) is 71.9 Å². The Bertz CT molecular complexity index is 1530. The van der Waals surface area contributed by atoms with Crippen LogP contribution in [-0.4, -0.2) is 67.8 Å². The van der Waals surface area contributed by atoms with Crippen molar-refractivity contribution in [3.8, 4) is 17.1 Å². The van der Waals surface area contributed by atoms with Crippen LogP contribution in [0.4, 0.5) is 0 Å². The number of nitrogens with zero attached hydrogens (tertiary/aromatic N) is 5. The van der Waals surface area contributed by atoms with Crippen LogP contribution >= 0.6 is 11.8 Å². The Morgan fingerprint density at radius 1 is 0.902 bits per heavy atom. The lowest BCUT2D eigenvalue weighted by Gasteiger charge is -2.40. The van der Waals surface area contributed by atoms with Gasteiger partial charge in [-0.15, -0.1) is 10.2 Å². The first-order chi connectivity index (χ1) is 19.8. The molecular weight excluding hydrogens is 530 g/mol. The molecule has 4 aromatic rings. The summed E-state index contributed by atoms with van der Waals surface area (Å²) in [5, 5.41) is 9.90. The number of hydrogen-bond donors (Lipinski definition) is 0. The van der Waals surface area contributed by atoms with Crippen molar-refractivity contribution in [2.75, 3.05) is 25.4 Å².